The Balaban J connectivity index is 1.02. The largest absolute Gasteiger partial charge is 0.497 e. The summed E-state index contributed by atoms with van der Waals surface area (Å²) >= 11 is 0. The first-order valence-corrected chi connectivity index (χ1v) is 14.9. The van der Waals surface area contributed by atoms with Gasteiger partial charge in [0.15, 0.2) is 17.4 Å². The van der Waals surface area contributed by atoms with Crippen LogP contribution in [0.15, 0.2) is 48.7 Å². The van der Waals surface area contributed by atoms with Gasteiger partial charge in [0.2, 0.25) is 5.82 Å². The van der Waals surface area contributed by atoms with E-state index in [4.69, 9.17) is 19.6 Å². The van der Waals surface area contributed by atoms with Crippen molar-refractivity contribution in [3.63, 3.8) is 0 Å². The Morgan fingerprint density at radius 3 is 2.48 bits per heavy atom. The average molecular weight is 609 g/mol. The lowest BCUT2D eigenvalue weighted by atomic mass is 9.86. The molecule has 0 bridgehead atoms. The van der Waals surface area contributed by atoms with Crippen LogP contribution in [0.1, 0.15) is 47.6 Å². The number of hydrogen-bond donors (Lipinski definition) is 2. The predicted octanol–water partition coefficient (Wildman–Crippen LogP) is 5.01. The molecule has 0 unspecified atom stereocenters. The van der Waals surface area contributed by atoms with Crippen LogP contribution in [0.3, 0.4) is 0 Å². The van der Waals surface area contributed by atoms with Crippen LogP contribution < -0.4 is 25.0 Å². The molecule has 232 valence electrons. The molecule has 2 aliphatic rings. The number of fused-ring (bicyclic) bond motifs is 1. The monoisotopic (exact) mass is 608 g/mol. The van der Waals surface area contributed by atoms with Crippen LogP contribution in [0.4, 0.5) is 19.0 Å². The summed E-state index contributed by atoms with van der Waals surface area (Å²) in [7, 11) is 1.52. The van der Waals surface area contributed by atoms with Crippen LogP contribution in [0.2, 0.25) is 0 Å². The number of hydrogen-bond acceptors (Lipinski definition) is 7. The summed E-state index contributed by atoms with van der Waals surface area (Å²) in [5.74, 6) is -4.13. The highest BCUT2D eigenvalue weighted by molar-refractivity contribution is 5.94. The van der Waals surface area contributed by atoms with E-state index in [2.05, 4.69) is 15.5 Å². The lowest BCUT2D eigenvalue weighted by molar-refractivity contribution is 0.0935. The zero-order valence-electron chi connectivity index (χ0n) is 24.5. The number of nitrogens with one attached hydrogen (secondary N) is 2. The van der Waals surface area contributed by atoms with Gasteiger partial charge in [-0.05, 0) is 67.5 Å². The molecule has 2 aromatic carbocycles. The number of amides is 1. The van der Waals surface area contributed by atoms with Crippen LogP contribution in [0.25, 0.3) is 11.0 Å². The Labute approximate surface area is 253 Å². The first-order valence-electron chi connectivity index (χ1n) is 14.9. The fraction of sp³-hybridized carbons (Fsp3) is 0.406. The van der Waals surface area contributed by atoms with Crippen LogP contribution in [0, 0.1) is 23.4 Å². The van der Waals surface area contributed by atoms with Crippen LogP contribution in [-0.2, 0) is 6.61 Å². The van der Waals surface area contributed by atoms with Gasteiger partial charge in [-0.1, -0.05) is 12.1 Å². The van der Waals surface area contributed by atoms with E-state index in [0.717, 1.165) is 68.7 Å². The van der Waals surface area contributed by atoms with E-state index in [1.54, 1.807) is 24.3 Å². The first kappa shape index (κ1) is 29.7. The van der Waals surface area contributed by atoms with Gasteiger partial charge in [-0.2, -0.15) is 9.49 Å². The van der Waals surface area contributed by atoms with E-state index in [-0.39, 0.29) is 25.1 Å². The number of carbonyl (C=O) groups is 1. The molecule has 2 aromatic heterocycles. The summed E-state index contributed by atoms with van der Waals surface area (Å²) in [6.07, 6.45) is 5.37. The number of pyridine rings is 1. The number of nitrogens with zero attached hydrogens (tertiary/aromatic N) is 4. The molecule has 6 rings (SSSR count). The number of ether oxygens (including phenoxy) is 2. The summed E-state index contributed by atoms with van der Waals surface area (Å²) in [6.45, 7) is 3.83. The number of methoxy groups -OCH3 is 1. The highest BCUT2D eigenvalue weighted by Crippen LogP contribution is 2.33. The third-order valence-corrected chi connectivity index (χ3v) is 8.45. The van der Waals surface area contributed by atoms with Crippen molar-refractivity contribution in [3.8, 4) is 11.5 Å². The van der Waals surface area contributed by atoms with Crippen molar-refractivity contribution in [1.29, 1.82) is 0 Å². The van der Waals surface area contributed by atoms with Gasteiger partial charge >= 0.3 is 0 Å². The zero-order chi connectivity index (χ0) is 30.6. The number of benzene rings is 2. The Morgan fingerprint density at radius 1 is 1.00 bits per heavy atom. The molecular weight excluding hydrogens is 573 g/mol. The molecule has 44 heavy (non-hydrogen) atoms. The lowest BCUT2D eigenvalue weighted by Gasteiger charge is -2.28. The van der Waals surface area contributed by atoms with E-state index in [0.29, 0.717) is 17.4 Å². The van der Waals surface area contributed by atoms with Crippen molar-refractivity contribution < 1.29 is 27.4 Å². The Hall–Kier alpha value is -4.32. The van der Waals surface area contributed by atoms with Gasteiger partial charge in [0.25, 0.3) is 5.91 Å². The molecule has 1 aliphatic heterocycles. The smallest absolute Gasteiger partial charge is 0.254 e. The minimum absolute atomic E-state index is 0.155. The van der Waals surface area contributed by atoms with E-state index >= 15 is 0 Å². The summed E-state index contributed by atoms with van der Waals surface area (Å²) < 4.78 is 56.6. The molecule has 1 saturated carbocycles. The van der Waals surface area contributed by atoms with E-state index in [9.17, 15) is 18.0 Å². The predicted molar refractivity (Wildman–Crippen MR) is 160 cm³/mol. The molecule has 1 saturated heterocycles. The van der Waals surface area contributed by atoms with Gasteiger partial charge in [0, 0.05) is 32.7 Å². The topological polar surface area (TPSA) is 93.5 Å². The number of carbonyl (C=O) groups excluding carboxylic acids is 1. The molecule has 1 amide bonds. The van der Waals surface area contributed by atoms with E-state index in [1.807, 2.05) is 23.0 Å². The maximum atomic E-state index is 14.8. The lowest BCUT2D eigenvalue weighted by Crippen LogP contribution is -2.43. The molecule has 3 heterocycles. The Bertz CT molecular complexity index is 1620. The van der Waals surface area contributed by atoms with Crippen molar-refractivity contribution in [3.05, 3.63) is 77.2 Å². The van der Waals surface area contributed by atoms with Gasteiger partial charge < -0.3 is 25.0 Å². The Morgan fingerprint density at radius 2 is 1.75 bits per heavy atom. The van der Waals surface area contributed by atoms with Crippen molar-refractivity contribution in [2.45, 2.75) is 38.3 Å². The second-order valence-electron chi connectivity index (χ2n) is 11.3. The average Bonchev–Trinajstić information content (AvgIpc) is 3.50. The number of piperazine rings is 1. The molecule has 2 fully saturated rings. The third-order valence-electron chi connectivity index (χ3n) is 8.45. The van der Waals surface area contributed by atoms with Gasteiger partial charge in [0.05, 0.1) is 24.9 Å². The van der Waals surface area contributed by atoms with E-state index in [1.165, 1.54) is 7.11 Å². The van der Waals surface area contributed by atoms with Crippen molar-refractivity contribution in [2.24, 2.45) is 5.92 Å². The second kappa shape index (κ2) is 13.1. The molecule has 0 spiro atoms. The minimum atomic E-state index is -1.54. The molecule has 9 nitrogen and oxygen atoms in total. The van der Waals surface area contributed by atoms with Crippen molar-refractivity contribution >= 4 is 22.8 Å². The summed E-state index contributed by atoms with van der Waals surface area (Å²) in [6, 6.07) is 11.6. The molecule has 12 heteroatoms. The molecule has 4 aromatic rings. The maximum absolute atomic E-state index is 14.8. The normalized spacial score (nSPS) is 18.8. The van der Waals surface area contributed by atoms with Crippen LogP contribution in [-0.4, -0.2) is 60.5 Å². The van der Waals surface area contributed by atoms with Gasteiger partial charge in [-0.25, -0.2) is 13.8 Å². The molecule has 0 radical (unpaired) electrons. The van der Waals surface area contributed by atoms with Crippen molar-refractivity contribution in [2.75, 3.05) is 44.7 Å². The third kappa shape index (κ3) is 6.45. The fourth-order valence-electron chi connectivity index (χ4n) is 5.87. The summed E-state index contributed by atoms with van der Waals surface area (Å²) in [5.41, 5.74) is 1.64. The maximum Gasteiger partial charge on any atom is 0.254 e. The quantitative estimate of drug-likeness (QED) is 0.258. The number of halogens is 3. The number of anilines is 1. The minimum Gasteiger partial charge on any atom is -0.497 e. The molecular formula is C32H35F3N6O3. The second-order valence-corrected chi connectivity index (χ2v) is 11.3. The van der Waals surface area contributed by atoms with Crippen LogP contribution >= 0.6 is 0 Å². The molecule has 1 aliphatic carbocycles. The standard InChI is InChI=1S/C32H35F3N6O3/c1-43-23-8-4-21(5-9-23)19-44-31-25(33)16-24(29(34)30(31)35)32(42)37-17-20-2-6-22(7-3-20)41-18-27-26(39-41)10-11-28(38-27)40-14-12-36-13-15-40/h4-5,8-11,16,18,20,22,36H,2-3,6-7,12-15,17,19H2,1H3,(H,37,42)/t20-,22-. The van der Waals surface area contributed by atoms with Crippen LogP contribution in [0.5, 0.6) is 11.5 Å². The Kier molecular flexibility index (Phi) is 8.87. The van der Waals surface area contributed by atoms with Crippen molar-refractivity contribution in [1.82, 2.24) is 25.4 Å². The summed E-state index contributed by atoms with van der Waals surface area (Å²) in [4.78, 5) is 19.8. The highest BCUT2D eigenvalue weighted by atomic mass is 19.2. The number of rotatable bonds is 9. The number of aromatic nitrogens is 3. The van der Waals surface area contributed by atoms with E-state index < -0.39 is 34.7 Å². The summed E-state index contributed by atoms with van der Waals surface area (Å²) in [5, 5.41) is 10.8. The highest BCUT2D eigenvalue weighted by Gasteiger charge is 2.27. The van der Waals surface area contributed by atoms with Gasteiger partial charge in [0.1, 0.15) is 29.2 Å². The van der Waals surface area contributed by atoms with Gasteiger partial charge in [-0.3, -0.25) is 9.48 Å². The molecule has 0 atom stereocenters. The van der Waals surface area contributed by atoms with Gasteiger partial charge in [-0.15, -0.1) is 0 Å². The zero-order valence-corrected chi connectivity index (χ0v) is 24.5. The SMILES string of the molecule is COc1ccc(COc2c(F)cc(C(=O)NC[C@H]3CC[C@H](n4cc5nc(N6CCNCC6)ccc5n4)CC3)c(F)c2F)cc1. The fourth-order valence-corrected chi connectivity index (χ4v) is 5.87. The molecule has 2 N–H and O–H groups in total. The first-order chi connectivity index (χ1) is 21.4.